The standard InChI is InChI=1S/C34H23N3O2/c38-32-18-10-9-17-31(32)37-30-16-8-7-15-26(30)27-19-20-28(36-34(27)37)29-21-24(23-11-3-1-4-12-23)22-33(35-29)39-25-13-5-2-6-14-25/h1-22,38H. The van der Waals surface area contributed by atoms with Crippen molar-refractivity contribution in [3.63, 3.8) is 0 Å². The molecule has 0 aliphatic heterocycles. The molecule has 1 N–H and O–H groups in total. The molecule has 39 heavy (non-hydrogen) atoms. The van der Waals surface area contributed by atoms with Gasteiger partial charge in [-0.15, -0.1) is 0 Å². The summed E-state index contributed by atoms with van der Waals surface area (Å²) in [6, 6.07) is 43.3. The van der Waals surface area contributed by atoms with Crippen LogP contribution >= 0.6 is 0 Å². The summed E-state index contributed by atoms with van der Waals surface area (Å²) in [4.78, 5) is 9.98. The van der Waals surface area contributed by atoms with Crippen molar-refractivity contribution in [2.45, 2.75) is 0 Å². The molecular weight excluding hydrogens is 482 g/mol. The van der Waals surface area contributed by atoms with Crippen LogP contribution in [-0.4, -0.2) is 19.6 Å². The molecule has 0 aliphatic carbocycles. The van der Waals surface area contributed by atoms with Crippen LogP contribution in [0.25, 0.3) is 50.1 Å². The van der Waals surface area contributed by atoms with Gasteiger partial charge in [0, 0.05) is 16.8 Å². The molecule has 0 amide bonds. The number of phenolic OH excluding ortho intramolecular Hbond substituents is 1. The highest BCUT2D eigenvalue weighted by atomic mass is 16.5. The molecule has 4 aromatic carbocycles. The molecule has 3 aromatic heterocycles. The van der Waals surface area contributed by atoms with Crippen LogP contribution in [0.2, 0.25) is 0 Å². The summed E-state index contributed by atoms with van der Waals surface area (Å²) in [6.45, 7) is 0. The number of aromatic hydroxyl groups is 1. The van der Waals surface area contributed by atoms with Crippen LogP contribution in [-0.2, 0) is 0 Å². The van der Waals surface area contributed by atoms with E-state index in [1.54, 1.807) is 6.07 Å². The fraction of sp³-hybridized carbons (Fsp3) is 0. The first kappa shape index (κ1) is 22.8. The number of ether oxygens (including phenoxy) is 1. The lowest BCUT2D eigenvalue weighted by Crippen LogP contribution is -1.98. The molecule has 7 rings (SSSR count). The van der Waals surface area contributed by atoms with Crippen molar-refractivity contribution in [2.75, 3.05) is 0 Å². The lowest BCUT2D eigenvalue weighted by Gasteiger charge is -2.12. The number of nitrogens with zero attached hydrogens (tertiary/aromatic N) is 3. The van der Waals surface area contributed by atoms with Crippen LogP contribution in [0, 0.1) is 0 Å². The lowest BCUT2D eigenvalue weighted by molar-refractivity contribution is 0.464. The maximum Gasteiger partial charge on any atom is 0.220 e. The van der Waals surface area contributed by atoms with Crippen LogP contribution in [0.1, 0.15) is 0 Å². The zero-order valence-corrected chi connectivity index (χ0v) is 20.9. The predicted octanol–water partition coefficient (Wildman–Crippen LogP) is 8.41. The fourth-order valence-corrected chi connectivity index (χ4v) is 4.97. The topological polar surface area (TPSA) is 60.2 Å². The first-order valence-corrected chi connectivity index (χ1v) is 12.7. The molecule has 7 aromatic rings. The highest BCUT2D eigenvalue weighted by Crippen LogP contribution is 2.36. The van der Waals surface area contributed by atoms with E-state index in [1.807, 2.05) is 108 Å². The van der Waals surface area contributed by atoms with Gasteiger partial charge in [0.2, 0.25) is 5.88 Å². The second-order valence-electron chi connectivity index (χ2n) is 9.27. The molecule has 0 spiro atoms. The summed E-state index contributed by atoms with van der Waals surface area (Å²) in [5.41, 5.74) is 5.83. The van der Waals surface area contributed by atoms with Crippen LogP contribution in [0.15, 0.2) is 133 Å². The highest BCUT2D eigenvalue weighted by molar-refractivity contribution is 6.08. The van der Waals surface area contributed by atoms with Gasteiger partial charge < -0.3 is 9.84 Å². The molecule has 3 heterocycles. The quantitative estimate of drug-likeness (QED) is 0.255. The maximum atomic E-state index is 10.7. The van der Waals surface area contributed by atoms with E-state index < -0.39 is 0 Å². The first-order valence-electron chi connectivity index (χ1n) is 12.7. The Bertz CT molecular complexity index is 1950. The SMILES string of the molecule is Oc1ccccc1-n1c2ccccc2c2ccc(-c3cc(-c4ccccc4)cc(Oc4ccccc4)n3)nc21. The number of fused-ring (bicyclic) bond motifs is 3. The van der Waals surface area contributed by atoms with Gasteiger partial charge in [0.15, 0.2) is 0 Å². The Labute approximate surface area is 225 Å². The van der Waals surface area contributed by atoms with Gasteiger partial charge in [-0.3, -0.25) is 4.57 Å². The molecule has 5 heteroatoms. The summed E-state index contributed by atoms with van der Waals surface area (Å²) in [5, 5.41) is 12.8. The summed E-state index contributed by atoms with van der Waals surface area (Å²) in [6.07, 6.45) is 0. The van der Waals surface area contributed by atoms with Crippen molar-refractivity contribution < 1.29 is 9.84 Å². The van der Waals surface area contributed by atoms with Gasteiger partial charge in [-0.2, -0.15) is 0 Å². The van der Waals surface area contributed by atoms with E-state index >= 15 is 0 Å². The Hall–Kier alpha value is -5.42. The van der Waals surface area contributed by atoms with E-state index in [1.165, 1.54) is 0 Å². The van der Waals surface area contributed by atoms with Gasteiger partial charge in [0.25, 0.3) is 0 Å². The van der Waals surface area contributed by atoms with E-state index in [-0.39, 0.29) is 5.75 Å². The normalized spacial score (nSPS) is 11.2. The number of para-hydroxylation sites is 4. The number of phenols is 1. The molecule has 0 unspecified atom stereocenters. The van der Waals surface area contributed by atoms with E-state index in [9.17, 15) is 5.11 Å². The zero-order chi connectivity index (χ0) is 26.2. The van der Waals surface area contributed by atoms with Crippen LogP contribution in [0.5, 0.6) is 17.4 Å². The van der Waals surface area contributed by atoms with Gasteiger partial charge in [-0.1, -0.05) is 78.9 Å². The number of hydrogen-bond acceptors (Lipinski definition) is 4. The highest BCUT2D eigenvalue weighted by Gasteiger charge is 2.17. The fourth-order valence-electron chi connectivity index (χ4n) is 4.97. The molecular formula is C34H23N3O2. The number of benzene rings is 4. The Kier molecular flexibility index (Phi) is 5.52. The average Bonchev–Trinajstić information content (AvgIpc) is 3.32. The smallest absolute Gasteiger partial charge is 0.220 e. The molecule has 0 saturated carbocycles. The molecule has 186 valence electrons. The van der Waals surface area contributed by atoms with Crippen LogP contribution < -0.4 is 4.74 Å². The maximum absolute atomic E-state index is 10.7. The third kappa shape index (κ3) is 4.16. The Balaban J connectivity index is 1.45. The van der Waals surface area contributed by atoms with Gasteiger partial charge in [0.05, 0.1) is 22.6 Å². The molecule has 0 aliphatic rings. The van der Waals surface area contributed by atoms with Crippen LogP contribution in [0.3, 0.4) is 0 Å². The minimum atomic E-state index is 0.190. The monoisotopic (exact) mass is 505 g/mol. The van der Waals surface area contributed by atoms with Crippen molar-refractivity contribution in [3.8, 4) is 45.6 Å². The minimum Gasteiger partial charge on any atom is -0.506 e. The van der Waals surface area contributed by atoms with Crippen molar-refractivity contribution in [3.05, 3.63) is 133 Å². The van der Waals surface area contributed by atoms with Crippen molar-refractivity contribution >= 4 is 21.9 Å². The first-order chi connectivity index (χ1) is 19.2. The van der Waals surface area contributed by atoms with Crippen molar-refractivity contribution in [2.24, 2.45) is 0 Å². The third-order valence-corrected chi connectivity index (χ3v) is 6.78. The lowest BCUT2D eigenvalue weighted by atomic mass is 10.0. The van der Waals surface area contributed by atoms with E-state index in [4.69, 9.17) is 14.7 Å². The van der Waals surface area contributed by atoms with E-state index in [0.717, 1.165) is 33.1 Å². The molecule has 0 bridgehead atoms. The van der Waals surface area contributed by atoms with Gasteiger partial charge in [-0.25, -0.2) is 9.97 Å². The van der Waals surface area contributed by atoms with Crippen LogP contribution in [0.4, 0.5) is 0 Å². The molecule has 5 nitrogen and oxygen atoms in total. The van der Waals surface area contributed by atoms with Crippen molar-refractivity contribution in [1.82, 2.24) is 14.5 Å². The molecule has 0 fully saturated rings. The minimum absolute atomic E-state index is 0.190. The predicted molar refractivity (Wildman–Crippen MR) is 155 cm³/mol. The third-order valence-electron chi connectivity index (χ3n) is 6.78. The second kappa shape index (κ2) is 9.47. The van der Waals surface area contributed by atoms with Crippen molar-refractivity contribution in [1.29, 1.82) is 0 Å². The Morgan fingerprint density at radius 3 is 2.10 bits per heavy atom. The van der Waals surface area contributed by atoms with Gasteiger partial charge in [-0.05, 0) is 59.7 Å². The second-order valence-corrected chi connectivity index (χ2v) is 9.27. The van der Waals surface area contributed by atoms with E-state index in [2.05, 4.69) is 24.3 Å². The molecule has 0 atom stereocenters. The summed E-state index contributed by atoms with van der Waals surface area (Å²) >= 11 is 0. The average molecular weight is 506 g/mol. The number of rotatable bonds is 5. The summed E-state index contributed by atoms with van der Waals surface area (Å²) in [5.74, 6) is 1.39. The number of pyridine rings is 2. The Morgan fingerprint density at radius 1 is 0.564 bits per heavy atom. The van der Waals surface area contributed by atoms with Gasteiger partial charge >= 0.3 is 0 Å². The largest absolute Gasteiger partial charge is 0.506 e. The zero-order valence-electron chi connectivity index (χ0n) is 20.9. The van der Waals surface area contributed by atoms with E-state index in [0.29, 0.717) is 28.7 Å². The molecule has 0 saturated heterocycles. The number of aromatic nitrogens is 3. The Morgan fingerprint density at radius 2 is 1.28 bits per heavy atom. The molecule has 0 radical (unpaired) electrons. The number of hydrogen-bond donors (Lipinski definition) is 1. The van der Waals surface area contributed by atoms with Gasteiger partial charge in [0.1, 0.15) is 17.1 Å². The summed E-state index contributed by atoms with van der Waals surface area (Å²) in [7, 11) is 0. The summed E-state index contributed by atoms with van der Waals surface area (Å²) < 4.78 is 8.18.